The first kappa shape index (κ1) is 26.0. The highest BCUT2D eigenvalue weighted by molar-refractivity contribution is 6.31. The molecule has 1 aliphatic rings. The number of nitrogens with zero attached hydrogens (tertiary/aromatic N) is 1. The fraction of sp³-hybridized carbons (Fsp3) is 0.731. The van der Waals surface area contributed by atoms with Crippen LogP contribution >= 0.6 is 11.6 Å². The number of rotatable bonds is 14. The van der Waals surface area contributed by atoms with E-state index in [0.29, 0.717) is 5.91 Å². The zero-order chi connectivity index (χ0) is 22.5. The van der Waals surface area contributed by atoms with Crippen LogP contribution in [-0.2, 0) is 11.2 Å². The van der Waals surface area contributed by atoms with Crippen LogP contribution in [0.5, 0.6) is 0 Å². The zero-order valence-corrected chi connectivity index (χ0v) is 20.6. The molecular formula is C26H44ClN3O. The summed E-state index contributed by atoms with van der Waals surface area (Å²) in [5, 5.41) is 3.96. The Balaban J connectivity index is 1.57. The number of carbonyl (C=O) groups excluding carboxylic acids is 1. The van der Waals surface area contributed by atoms with Gasteiger partial charge in [0.2, 0.25) is 5.91 Å². The molecule has 1 aromatic rings. The highest BCUT2D eigenvalue weighted by Crippen LogP contribution is 2.31. The maximum absolute atomic E-state index is 12.4. The third kappa shape index (κ3) is 9.82. The molecule has 31 heavy (non-hydrogen) atoms. The lowest BCUT2D eigenvalue weighted by Crippen LogP contribution is -2.34. The molecule has 1 aliphatic carbocycles. The first-order valence-electron chi connectivity index (χ1n) is 12.6. The zero-order valence-electron chi connectivity index (χ0n) is 19.8. The highest BCUT2D eigenvalue weighted by atomic mass is 35.5. The molecule has 0 atom stereocenters. The Hall–Kier alpha value is -1.26. The Kier molecular flexibility index (Phi) is 12.4. The van der Waals surface area contributed by atoms with Crippen molar-refractivity contribution in [2.75, 3.05) is 31.9 Å². The van der Waals surface area contributed by atoms with Crippen molar-refractivity contribution < 1.29 is 4.79 Å². The molecular weight excluding hydrogens is 406 g/mol. The van der Waals surface area contributed by atoms with Gasteiger partial charge in [0, 0.05) is 29.7 Å². The second-order valence-electron chi connectivity index (χ2n) is 9.30. The second-order valence-corrected chi connectivity index (χ2v) is 9.71. The summed E-state index contributed by atoms with van der Waals surface area (Å²) in [6.07, 6.45) is 12.8. The molecule has 0 radical (unpaired) electrons. The molecule has 176 valence electrons. The number of unbranched alkanes of at least 4 members (excludes halogenated alkanes) is 2. The Labute approximate surface area is 195 Å². The molecule has 2 rings (SSSR count). The minimum atomic E-state index is 0.258. The molecule has 0 spiro atoms. The third-order valence-electron chi connectivity index (χ3n) is 6.68. The van der Waals surface area contributed by atoms with Crippen molar-refractivity contribution in [1.82, 2.24) is 10.2 Å². The highest BCUT2D eigenvalue weighted by Gasteiger charge is 2.25. The first-order chi connectivity index (χ1) is 15.0. The minimum absolute atomic E-state index is 0.258. The summed E-state index contributed by atoms with van der Waals surface area (Å²) in [5.74, 6) is 1.41. The molecule has 0 aromatic heterocycles. The number of nitrogens with one attached hydrogen (secondary N) is 1. The van der Waals surface area contributed by atoms with Crippen molar-refractivity contribution in [3.8, 4) is 0 Å². The van der Waals surface area contributed by atoms with Crippen LogP contribution in [0.15, 0.2) is 18.2 Å². The van der Waals surface area contributed by atoms with Gasteiger partial charge in [-0.3, -0.25) is 4.79 Å². The average molecular weight is 450 g/mol. The second kappa shape index (κ2) is 14.7. The molecule has 0 bridgehead atoms. The van der Waals surface area contributed by atoms with Crippen LogP contribution in [-0.4, -0.2) is 37.0 Å². The minimum Gasteiger partial charge on any atom is -0.399 e. The summed E-state index contributed by atoms with van der Waals surface area (Å²) in [4.78, 5) is 14.9. The van der Waals surface area contributed by atoms with Crippen molar-refractivity contribution in [2.45, 2.75) is 84.5 Å². The van der Waals surface area contributed by atoms with Crippen LogP contribution in [0, 0.1) is 11.8 Å². The van der Waals surface area contributed by atoms with Crippen molar-refractivity contribution in [1.29, 1.82) is 0 Å². The average Bonchev–Trinajstić information content (AvgIpc) is 2.76. The van der Waals surface area contributed by atoms with E-state index >= 15 is 0 Å². The maximum Gasteiger partial charge on any atom is 0.223 e. The number of amides is 1. The van der Waals surface area contributed by atoms with Crippen LogP contribution < -0.4 is 11.1 Å². The maximum atomic E-state index is 12.4. The van der Waals surface area contributed by atoms with Gasteiger partial charge >= 0.3 is 0 Å². The summed E-state index contributed by atoms with van der Waals surface area (Å²) in [6, 6.07) is 5.81. The van der Waals surface area contributed by atoms with E-state index in [1.54, 1.807) is 0 Å². The van der Waals surface area contributed by atoms with Gasteiger partial charge in [-0.15, -0.1) is 0 Å². The van der Waals surface area contributed by atoms with E-state index in [1.807, 2.05) is 18.2 Å². The predicted octanol–water partition coefficient (Wildman–Crippen LogP) is 6.07. The molecule has 0 unspecified atom stereocenters. The molecule has 3 N–H and O–H groups in total. The van der Waals surface area contributed by atoms with E-state index in [1.165, 1.54) is 37.7 Å². The van der Waals surface area contributed by atoms with Gasteiger partial charge < -0.3 is 16.0 Å². The Morgan fingerprint density at radius 1 is 1.06 bits per heavy atom. The Bertz CT molecular complexity index is 644. The van der Waals surface area contributed by atoms with Gasteiger partial charge in [-0.2, -0.15) is 0 Å². The summed E-state index contributed by atoms with van der Waals surface area (Å²) in [6.45, 7) is 8.56. The van der Waals surface area contributed by atoms with E-state index in [2.05, 4.69) is 24.1 Å². The van der Waals surface area contributed by atoms with Crippen LogP contribution in [0.3, 0.4) is 0 Å². The molecule has 0 heterocycles. The third-order valence-corrected chi connectivity index (χ3v) is 7.03. The van der Waals surface area contributed by atoms with Crippen LogP contribution in [0.25, 0.3) is 0 Å². The van der Waals surface area contributed by atoms with Crippen molar-refractivity contribution in [2.24, 2.45) is 11.8 Å². The van der Waals surface area contributed by atoms with Gasteiger partial charge in [-0.05, 0) is 88.1 Å². The SMILES string of the molecule is CCCC1CCC(C(=O)NCCCCCN(CCC)CCc2ccc(N)cc2Cl)CC1. The van der Waals surface area contributed by atoms with E-state index in [0.717, 1.165) is 81.3 Å². The number of anilines is 1. The fourth-order valence-corrected chi connectivity index (χ4v) is 5.09. The van der Waals surface area contributed by atoms with Crippen molar-refractivity contribution >= 4 is 23.2 Å². The number of carbonyl (C=O) groups is 1. The number of hydrogen-bond acceptors (Lipinski definition) is 3. The monoisotopic (exact) mass is 449 g/mol. The molecule has 1 saturated carbocycles. The largest absolute Gasteiger partial charge is 0.399 e. The normalized spacial score (nSPS) is 19.0. The number of hydrogen-bond donors (Lipinski definition) is 2. The molecule has 0 aliphatic heterocycles. The van der Waals surface area contributed by atoms with Crippen molar-refractivity contribution in [3.63, 3.8) is 0 Å². The lowest BCUT2D eigenvalue weighted by atomic mass is 9.80. The smallest absolute Gasteiger partial charge is 0.223 e. The molecule has 5 heteroatoms. The van der Waals surface area contributed by atoms with Gasteiger partial charge in [0.1, 0.15) is 0 Å². The van der Waals surface area contributed by atoms with Gasteiger partial charge in [-0.1, -0.05) is 50.8 Å². The van der Waals surface area contributed by atoms with E-state index in [9.17, 15) is 4.79 Å². The molecule has 0 saturated heterocycles. The van der Waals surface area contributed by atoms with E-state index < -0.39 is 0 Å². The fourth-order valence-electron chi connectivity index (χ4n) is 4.81. The molecule has 4 nitrogen and oxygen atoms in total. The Morgan fingerprint density at radius 3 is 2.52 bits per heavy atom. The van der Waals surface area contributed by atoms with Crippen LogP contribution in [0.4, 0.5) is 5.69 Å². The quantitative estimate of drug-likeness (QED) is 0.267. The number of benzene rings is 1. The molecule has 1 fully saturated rings. The van der Waals surface area contributed by atoms with Crippen molar-refractivity contribution in [3.05, 3.63) is 28.8 Å². The van der Waals surface area contributed by atoms with Crippen LogP contribution in [0.1, 0.15) is 83.6 Å². The lowest BCUT2D eigenvalue weighted by molar-refractivity contribution is -0.126. The summed E-state index contributed by atoms with van der Waals surface area (Å²) >= 11 is 6.32. The number of nitrogens with two attached hydrogens (primary N) is 1. The summed E-state index contributed by atoms with van der Waals surface area (Å²) in [5.41, 5.74) is 7.68. The first-order valence-corrected chi connectivity index (χ1v) is 12.9. The Morgan fingerprint density at radius 2 is 1.84 bits per heavy atom. The van der Waals surface area contributed by atoms with E-state index in [4.69, 9.17) is 17.3 Å². The molecule has 1 amide bonds. The molecule has 1 aromatic carbocycles. The topological polar surface area (TPSA) is 58.4 Å². The summed E-state index contributed by atoms with van der Waals surface area (Å²) < 4.78 is 0. The standard InChI is InChI=1S/C26H44ClN3O/c1-3-8-21-9-11-23(12-10-21)26(31)29-16-6-5-7-18-30(17-4-2)19-15-22-13-14-24(28)20-25(22)27/h13-14,20-21,23H,3-12,15-19,28H2,1-2H3,(H,29,31). The number of halogens is 1. The van der Waals surface area contributed by atoms with Gasteiger partial charge in [0.25, 0.3) is 0 Å². The summed E-state index contributed by atoms with van der Waals surface area (Å²) in [7, 11) is 0. The predicted molar refractivity (Wildman–Crippen MR) is 134 cm³/mol. The van der Waals surface area contributed by atoms with Gasteiger partial charge in [0.15, 0.2) is 0 Å². The lowest BCUT2D eigenvalue weighted by Gasteiger charge is -2.27. The van der Waals surface area contributed by atoms with E-state index in [-0.39, 0.29) is 5.92 Å². The van der Waals surface area contributed by atoms with Crippen LogP contribution in [0.2, 0.25) is 5.02 Å². The van der Waals surface area contributed by atoms with Gasteiger partial charge in [-0.25, -0.2) is 0 Å². The van der Waals surface area contributed by atoms with Gasteiger partial charge in [0.05, 0.1) is 0 Å². The number of nitrogen functional groups attached to an aromatic ring is 1.